The number of allylic oxidation sites excluding steroid dienone is 2. The van der Waals surface area contributed by atoms with Gasteiger partial charge in [0.05, 0.1) is 5.54 Å². The molecule has 0 amide bonds. The van der Waals surface area contributed by atoms with E-state index in [-0.39, 0.29) is 11.0 Å². The second-order valence-electron chi connectivity index (χ2n) is 10.6. The standard InChI is InChI=1S/C36H34OSi/c1-36(2,3)27-24-34(32-20-12-6-13-21-32)35(33-22-14-7-15-23-33)38(37,28-25-30-16-8-4-9-17-30)29-26-31-18-10-5-11-19-31/h4-24,35,37H,27H2,1-3H3/b34-24+. The molecule has 0 aliphatic rings. The van der Waals surface area contributed by atoms with E-state index in [4.69, 9.17) is 0 Å². The van der Waals surface area contributed by atoms with Crippen molar-refractivity contribution in [2.45, 2.75) is 32.7 Å². The molecule has 188 valence electrons. The first kappa shape index (κ1) is 27.0. The van der Waals surface area contributed by atoms with E-state index < -0.39 is 8.32 Å². The molecule has 0 aliphatic heterocycles. The summed E-state index contributed by atoms with van der Waals surface area (Å²) in [6.45, 7) is 6.70. The maximum absolute atomic E-state index is 12.7. The molecule has 4 rings (SSSR count). The summed E-state index contributed by atoms with van der Waals surface area (Å²) in [6, 6.07) is 40.3. The van der Waals surface area contributed by atoms with Crippen molar-refractivity contribution in [2.24, 2.45) is 5.41 Å². The third kappa shape index (κ3) is 7.47. The van der Waals surface area contributed by atoms with E-state index in [0.717, 1.165) is 34.2 Å². The molecule has 0 fully saturated rings. The highest BCUT2D eigenvalue weighted by molar-refractivity contribution is 6.90. The molecular weight excluding hydrogens is 476 g/mol. The van der Waals surface area contributed by atoms with Gasteiger partial charge in [-0.15, -0.1) is 0 Å². The van der Waals surface area contributed by atoms with Gasteiger partial charge in [-0.2, -0.15) is 0 Å². The van der Waals surface area contributed by atoms with Crippen LogP contribution in [0.25, 0.3) is 5.57 Å². The Labute approximate surface area is 229 Å². The summed E-state index contributed by atoms with van der Waals surface area (Å²) in [6.07, 6.45) is 3.16. The van der Waals surface area contributed by atoms with Crippen molar-refractivity contribution in [1.29, 1.82) is 0 Å². The summed E-state index contributed by atoms with van der Waals surface area (Å²) in [7, 11) is -3.62. The van der Waals surface area contributed by atoms with Crippen LogP contribution in [-0.4, -0.2) is 13.1 Å². The highest BCUT2D eigenvalue weighted by atomic mass is 28.4. The van der Waals surface area contributed by atoms with Crippen molar-refractivity contribution in [3.63, 3.8) is 0 Å². The smallest absolute Gasteiger partial charge is 0.363 e. The third-order valence-corrected chi connectivity index (χ3v) is 8.74. The van der Waals surface area contributed by atoms with Gasteiger partial charge in [0.15, 0.2) is 0 Å². The Hall–Kier alpha value is -4.08. The molecule has 0 aromatic heterocycles. The molecule has 0 radical (unpaired) electrons. The maximum Gasteiger partial charge on any atom is 0.363 e. The fourth-order valence-corrected chi connectivity index (χ4v) is 6.72. The van der Waals surface area contributed by atoms with Crippen molar-refractivity contribution in [2.75, 3.05) is 0 Å². The average Bonchev–Trinajstić information content (AvgIpc) is 2.94. The highest BCUT2D eigenvalue weighted by Crippen LogP contribution is 2.39. The van der Waals surface area contributed by atoms with Crippen LogP contribution in [0.2, 0.25) is 0 Å². The van der Waals surface area contributed by atoms with E-state index in [1.807, 2.05) is 97.1 Å². The Bertz CT molecular complexity index is 1400. The van der Waals surface area contributed by atoms with Crippen LogP contribution in [-0.2, 0) is 0 Å². The molecule has 1 atom stereocenters. The van der Waals surface area contributed by atoms with Gasteiger partial charge >= 0.3 is 8.32 Å². The largest absolute Gasteiger partial charge is 0.412 e. The van der Waals surface area contributed by atoms with E-state index >= 15 is 0 Å². The molecule has 4 aromatic carbocycles. The zero-order chi connectivity index (χ0) is 26.8. The zero-order valence-corrected chi connectivity index (χ0v) is 23.4. The molecule has 0 saturated heterocycles. The van der Waals surface area contributed by atoms with Gasteiger partial charge in [-0.3, -0.25) is 0 Å². The lowest BCUT2D eigenvalue weighted by Crippen LogP contribution is -2.41. The van der Waals surface area contributed by atoms with E-state index in [9.17, 15) is 4.80 Å². The van der Waals surface area contributed by atoms with Crippen molar-refractivity contribution in [1.82, 2.24) is 0 Å². The third-order valence-electron chi connectivity index (χ3n) is 6.25. The van der Waals surface area contributed by atoms with Crippen molar-refractivity contribution < 1.29 is 4.80 Å². The van der Waals surface area contributed by atoms with Crippen LogP contribution in [0.4, 0.5) is 0 Å². The van der Waals surface area contributed by atoms with Crippen molar-refractivity contribution >= 4 is 13.9 Å². The quantitative estimate of drug-likeness (QED) is 0.213. The molecule has 38 heavy (non-hydrogen) atoms. The summed E-state index contributed by atoms with van der Waals surface area (Å²) in [5.74, 6) is 6.56. The molecule has 1 unspecified atom stereocenters. The first-order valence-corrected chi connectivity index (χ1v) is 15.1. The van der Waals surface area contributed by atoms with Gasteiger partial charge in [-0.25, -0.2) is 0 Å². The van der Waals surface area contributed by atoms with Gasteiger partial charge in [-0.1, -0.05) is 147 Å². The Kier molecular flexibility index (Phi) is 8.83. The fraction of sp³-hybridized carbons (Fsp3) is 0.167. The van der Waals surface area contributed by atoms with E-state index in [1.165, 1.54) is 0 Å². The lowest BCUT2D eigenvalue weighted by atomic mass is 9.88. The van der Waals surface area contributed by atoms with Crippen LogP contribution in [0.5, 0.6) is 0 Å². The zero-order valence-electron chi connectivity index (χ0n) is 22.4. The lowest BCUT2D eigenvalue weighted by molar-refractivity contribution is 0.420. The predicted molar refractivity (Wildman–Crippen MR) is 162 cm³/mol. The van der Waals surface area contributed by atoms with Gasteiger partial charge in [-0.05, 0) is 52.8 Å². The van der Waals surface area contributed by atoms with Crippen LogP contribution in [0.3, 0.4) is 0 Å². The van der Waals surface area contributed by atoms with Gasteiger partial charge in [0.1, 0.15) is 0 Å². The summed E-state index contributed by atoms with van der Waals surface area (Å²) >= 11 is 0. The minimum absolute atomic E-state index is 0.0897. The Balaban J connectivity index is 1.98. The molecule has 2 heteroatoms. The Morgan fingerprint density at radius 2 is 1.11 bits per heavy atom. The maximum atomic E-state index is 12.7. The first-order chi connectivity index (χ1) is 18.3. The van der Waals surface area contributed by atoms with Crippen LogP contribution in [0.1, 0.15) is 55.0 Å². The monoisotopic (exact) mass is 510 g/mol. The minimum Gasteiger partial charge on any atom is -0.412 e. The second kappa shape index (κ2) is 12.4. The predicted octanol–water partition coefficient (Wildman–Crippen LogP) is 7.95. The van der Waals surface area contributed by atoms with E-state index in [0.29, 0.717) is 0 Å². The number of hydrogen-bond acceptors (Lipinski definition) is 1. The fourth-order valence-electron chi connectivity index (χ4n) is 4.29. The Morgan fingerprint density at radius 3 is 1.55 bits per heavy atom. The average molecular weight is 511 g/mol. The normalized spacial score (nSPS) is 12.5. The second-order valence-corrected chi connectivity index (χ2v) is 13.2. The minimum atomic E-state index is -3.62. The molecule has 0 bridgehead atoms. The Morgan fingerprint density at radius 1 is 0.684 bits per heavy atom. The summed E-state index contributed by atoms with van der Waals surface area (Å²) in [5.41, 5.74) is 11.4. The molecule has 1 N–H and O–H groups in total. The molecule has 0 aliphatic carbocycles. The van der Waals surface area contributed by atoms with Gasteiger partial charge in [0.25, 0.3) is 0 Å². The van der Waals surface area contributed by atoms with E-state index in [1.54, 1.807) is 0 Å². The molecule has 0 saturated carbocycles. The van der Waals surface area contributed by atoms with Crippen LogP contribution in [0.15, 0.2) is 127 Å². The topological polar surface area (TPSA) is 20.2 Å². The molecule has 0 heterocycles. The summed E-state index contributed by atoms with van der Waals surface area (Å²) in [5, 5.41) is 0. The molecule has 4 aromatic rings. The molecular formula is C36H34OSi. The molecule has 1 nitrogen and oxygen atoms in total. The number of rotatable bonds is 5. The van der Waals surface area contributed by atoms with E-state index in [2.05, 4.69) is 74.0 Å². The van der Waals surface area contributed by atoms with Gasteiger partial charge < -0.3 is 4.80 Å². The van der Waals surface area contributed by atoms with Gasteiger partial charge in [0.2, 0.25) is 0 Å². The number of hydrogen-bond donors (Lipinski definition) is 1. The highest BCUT2D eigenvalue weighted by Gasteiger charge is 2.42. The summed E-state index contributed by atoms with van der Waals surface area (Å²) < 4.78 is 0. The summed E-state index contributed by atoms with van der Waals surface area (Å²) in [4.78, 5) is 12.7. The van der Waals surface area contributed by atoms with Crippen LogP contribution < -0.4 is 0 Å². The van der Waals surface area contributed by atoms with Crippen LogP contribution in [0, 0.1) is 28.3 Å². The number of benzene rings is 4. The molecule has 0 spiro atoms. The van der Waals surface area contributed by atoms with Crippen molar-refractivity contribution in [3.05, 3.63) is 150 Å². The van der Waals surface area contributed by atoms with Gasteiger partial charge in [0, 0.05) is 11.1 Å². The van der Waals surface area contributed by atoms with Crippen LogP contribution >= 0.6 is 0 Å². The first-order valence-electron chi connectivity index (χ1n) is 13.0. The SMILES string of the molecule is CC(C)(C)C/C=C(\c1ccccc1)C(c1ccccc1)[Si](O)(C#Cc1ccccc1)C#Cc1ccccc1. The van der Waals surface area contributed by atoms with Crippen molar-refractivity contribution in [3.8, 4) is 22.9 Å². The lowest BCUT2D eigenvalue weighted by Gasteiger charge is -2.29.